The molecule has 122 valence electrons. The van der Waals surface area contributed by atoms with Gasteiger partial charge in [-0.3, -0.25) is 14.4 Å². The van der Waals surface area contributed by atoms with Crippen LogP contribution in [0.5, 0.6) is 0 Å². The molecule has 0 radical (unpaired) electrons. The van der Waals surface area contributed by atoms with Gasteiger partial charge in [0.2, 0.25) is 5.91 Å². The van der Waals surface area contributed by atoms with Crippen molar-refractivity contribution in [3.05, 3.63) is 24.2 Å². The second kappa shape index (κ2) is 7.11. The monoisotopic (exact) mass is 310 g/mol. The van der Waals surface area contributed by atoms with Crippen LogP contribution >= 0.6 is 0 Å². The van der Waals surface area contributed by atoms with Crippen LogP contribution in [-0.4, -0.2) is 34.5 Å². The van der Waals surface area contributed by atoms with E-state index >= 15 is 0 Å². The van der Waals surface area contributed by atoms with Gasteiger partial charge in [-0.2, -0.15) is 0 Å². The number of rotatable bonds is 7. The molecule has 0 aromatic carbocycles. The first-order valence-electron chi connectivity index (χ1n) is 7.04. The maximum atomic E-state index is 12.2. The van der Waals surface area contributed by atoms with Crippen molar-refractivity contribution in [2.45, 2.75) is 45.7 Å². The predicted octanol–water partition coefficient (Wildman–Crippen LogP) is 1.40. The van der Waals surface area contributed by atoms with Gasteiger partial charge in [0.15, 0.2) is 5.76 Å². The van der Waals surface area contributed by atoms with Crippen LogP contribution in [0.15, 0.2) is 22.8 Å². The van der Waals surface area contributed by atoms with E-state index in [1.165, 1.54) is 19.3 Å². The molecular weight excluding hydrogens is 288 g/mol. The molecule has 0 aliphatic rings. The molecular formula is C15H22N2O5. The lowest BCUT2D eigenvalue weighted by Gasteiger charge is -2.34. The Morgan fingerprint density at radius 3 is 2.41 bits per heavy atom. The maximum Gasteiger partial charge on any atom is 0.305 e. The molecule has 0 bridgehead atoms. The van der Waals surface area contributed by atoms with Gasteiger partial charge in [-0.05, 0) is 31.9 Å². The average molecular weight is 310 g/mol. The Labute approximate surface area is 129 Å². The summed E-state index contributed by atoms with van der Waals surface area (Å²) >= 11 is 0. The van der Waals surface area contributed by atoms with Crippen LogP contribution in [0.3, 0.4) is 0 Å². The molecule has 7 nitrogen and oxygen atoms in total. The van der Waals surface area contributed by atoms with E-state index in [0.29, 0.717) is 0 Å². The minimum atomic E-state index is -0.997. The molecule has 7 heteroatoms. The Bertz CT molecular complexity index is 538. The lowest BCUT2D eigenvalue weighted by atomic mass is 9.85. The fraction of sp³-hybridized carbons (Fsp3) is 0.533. The summed E-state index contributed by atoms with van der Waals surface area (Å²) in [7, 11) is 0. The van der Waals surface area contributed by atoms with Gasteiger partial charge in [0.1, 0.15) is 6.04 Å². The highest BCUT2D eigenvalue weighted by Gasteiger charge is 2.34. The standard InChI is InChI=1S/C15H22N2O5/c1-9(2)15(4,8-12(18)19)17-13(20)10(3)16-14(21)11-6-5-7-22-11/h5-7,9-10H,8H2,1-4H3,(H,16,21)(H,17,20)(H,18,19). The van der Waals surface area contributed by atoms with Crippen LogP contribution < -0.4 is 10.6 Å². The Balaban J connectivity index is 2.69. The van der Waals surface area contributed by atoms with E-state index in [1.54, 1.807) is 13.0 Å². The van der Waals surface area contributed by atoms with Gasteiger partial charge in [-0.1, -0.05) is 13.8 Å². The van der Waals surface area contributed by atoms with Gasteiger partial charge in [0.05, 0.1) is 18.2 Å². The van der Waals surface area contributed by atoms with Crippen molar-refractivity contribution in [3.63, 3.8) is 0 Å². The Morgan fingerprint density at radius 2 is 1.95 bits per heavy atom. The van der Waals surface area contributed by atoms with E-state index in [0.717, 1.165) is 0 Å². The van der Waals surface area contributed by atoms with Crippen LogP contribution in [0.2, 0.25) is 0 Å². The van der Waals surface area contributed by atoms with E-state index < -0.39 is 29.4 Å². The smallest absolute Gasteiger partial charge is 0.305 e. The summed E-state index contributed by atoms with van der Waals surface area (Å²) in [6.45, 7) is 6.85. The molecule has 0 spiro atoms. The number of carboxylic acid groups (broad SMARTS) is 1. The summed E-state index contributed by atoms with van der Waals surface area (Å²) in [4.78, 5) is 35.0. The number of carboxylic acids is 1. The summed E-state index contributed by atoms with van der Waals surface area (Å²) in [5.74, 6) is -1.92. The number of carbonyl (C=O) groups is 3. The van der Waals surface area contributed by atoms with E-state index in [9.17, 15) is 14.4 Å². The molecule has 1 rings (SSSR count). The topological polar surface area (TPSA) is 109 Å². The van der Waals surface area contributed by atoms with Gasteiger partial charge in [0.25, 0.3) is 5.91 Å². The summed E-state index contributed by atoms with van der Waals surface area (Å²) in [6, 6.07) is 2.25. The first-order chi connectivity index (χ1) is 10.2. The largest absolute Gasteiger partial charge is 0.481 e. The molecule has 0 aliphatic heterocycles. The normalized spacial score (nSPS) is 15.0. The number of amides is 2. The van der Waals surface area contributed by atoms with Gasteiger partial charge in [0, 0.05) is 0 Å². The number of nitrogens with one attached hydrogen (secondary N) is 2. The fourth-order valence-corrected chi connectivity index (χ4v) is 1.84. The first kappa shape index (κ1) is 17.7. The molecule has 0 aliphatic carbocycles. The van der Waals surface area contributed by atoms with Crippen molar-refractivity contribution >= 4 is 17.8 Å². The summed E-state index contributed by atoms with van der Waals surface area (Å²) in [5, 5.41) is 14.2. The van der Waals surface area contributed by atoms with E-state index in [4.69, 9.17) is 9.52 Å². The highest BCUT2D eigenvalue weighted by Crippen LogP contribution is 2.21. The zero-order chi connectivity index (χ0) is 16.9. The molecule has 1 aromatic heterocycles. The van der Waals surface area contributed by atoms with Crippen LogP contribution in [-0.2, 0) is 9.59 Å². The van der Waals surface area contributed by atoms with Gasteiger partial charge >= 0.3 is 5.97 Å². The molecule has 2 unspecified atom stereocenters. The van der Waals surface area contributed by atoms with Crippen molar-refractivity contribution < 1.29 is 23.9 Å². The summed E-state index contributed by atoms with van der Waals surface area (Å²) in [5.41, 5.74) is -0.896. The lowest BCUT2D eigenvalue weighted by molar-refractivity contribution is -0.139. The third-order valence-corrected chi connectivity index (χ3v) is 3.69. The van der Waals surface area contributed by atoms with Gasteiger partial charge in [-0.25, -0.2) is 0 Å². The third kappa shape index (κ3) is 4.61. The van der Waals surface area contributed by atoms with E-state index in [-0.39, 0.29) is 18.1 Å². The molecule has 2 atom stereocenters. The minimum Gasteiger partial charge on any atom is -0.481 e. The zero-order valence-corrected chi connectivity index (χ0v) is 13.2. The highest BCUT2D eigenvalue weighted by molar-refractivity contribution is 5.95. The molecule has 1 aromatic rings. The van der Waals surface area contributed by atoms with Crippen molar-refractivity contribution in [2.24, 2.45) is 5.92 Å². The summed E-state index contributed by atoms with van der Waals surface area (Å²) in [6.07, 6.45) is 1.16. The third-order valence-electron chi connectivity index (χ3n) is 3.69. The Kier molecular flexibility index (Phi) is 5.73. The van der Waals surface area contributed by atoms with Gasteiger partial charge in [-0.15, -0.1) is 0 Å². The first-order valence-corrected chi connectivity index (χ1v) is 7.04. The van der Waals surface area contributed by atoms with Crippen molar-refractivity contribution in [1.29, 1.82) is 0 Å². The molecule has 3 N–H and O–H groups in total. The Hall–Kier alpha value is -2.31. The number of carbonyl (C=O) groups excluding carboxylic acids is 2. The lowest BCUT2D eigenvalue weighted by Crippen LogP contribution is -2.56. The molecule has 0 saturated heterocycles. The van der Waals surface area contributed by atoms with Gasteiger partial charge < -0.3 is 20.2 Å². The molecule has 0 fully saturated rings. The van der Waals surface area contributed by atoms with Crippen molar-refractivity contribution in [1.82, 2.24) is 10.6 Å². The maximum absolute atomic E-state index is 12.2. The van der Waals surface area contributed by atoms with E-state index in [2.05, 4.69) is 10.6 Å². The molecule has 0 saturated carbocycles. The SMILES string of the molecule is CC(NC(=O)c1ccco1)C(=O)NC(C)(CC(=O)O)C(C)C. The Morgan fingerprint density at radius 1 is 1.32 bits per heavy atom. The number of hydrogen-bond acceptors (Lipinski definition) is 4. The van der Waals surface area contributed by atoms with E-state index in [1.807, 2.05) is 13.8 Å². The highest BCUT2D eigenvalue weighted by atomic mass is 16.4. The molecule has 22 heavy (non-hydrogen) atoms. The number of furan rings is 1. The molecule has 1 heterocycles. The number of aliphatic carboxylic acids is 1. The summed E-state index contributed by atoms with van der Waals surface area (Å²) < 4.78 is 4.95. The van der Waals surface area contributed by atoms with Crippen molar-refractivity contribution in [3.8, 4) is 0 Å². The minimum absolute atomic E-state index is 0.0828. The van der Waals surface area contributed by atoms with Crippen molar-refractivity contribution in [2.75, 3.05) is 0 Å². The van der Waals surface area contributed by atoms with Crippen LogP contribution in [0.1, 0.15) is 44.7 Å². The predicted molar refractivity (Wildman–Crippen MR) is 79.3 cm³/mol. The quantitative estimate of drug-likeness (QED) is 0.705. The van der Waals surface area contributed by atoms with Crippen LogP contribution in [0.4, 0.5) is 0 Å². The molecule has 2 amide bonds. The van der Waals surface area contributed by atoms with Crippen LogP contribution in [0.25, 0.3) is 0 Å². The fourth-order valence-electron chi connectivity index (χ4n) is 1.84. The zero-order valence-electron chi connectivity index (χ0n) is 13.2. The van der Waals surface area contributed by atoms with Crippen LogP contribution in [0, 0.1) is 5.92 Å². The number of hydrogen-bond donors (Lipinski definition) is 3. The second-order valence-electron chi connectivity index (χ2n) is 5.80. The second-order valence-corrected chi connectivity index (χ2v) is 5.80. The average Bonchev–Trinajstić information content (AvgIpc) is 2.90.